The first-order chi connectivity index (χ1) is 9.11. The van der Waals surface area contributed by atoms with Crippen LogP contribution in [0.5, 0.6) is 0 Å². The molecule has 3 nitrogen and oxygen atoms in total. The molecule has 0 saturated carbocycles. The van der Waals surface area contributed by atoms with Crippen LogP contribution < -0.4 is 0 Å². The summed E-state index contributed by atoms with van der Waals surface area (Å²) in [7, 11) is 1.58. The van der Waals surface area contributed by atoms with Gasteiger partial charge in [-0.2, -0.15) is 0 Å². The van der Waals surface area contributed by atoms with E-state index in [1.54, 1.807) is 25.3 Å². The van der Waals surface area contributed by atoms with Crippen LogP contribution in [0.3, 0.4) is 0 Å². The number of thioether (sulfide) groups is 1. The minimum absolute atomic E-state index is 0.128. The van der Waals surface area contributed by atoms with Crippen LogP contribution in [0.4, 0.5) is 4.39 Å². The van der Waals surface area contributed by atoms with Gasteiger partial charge in [-0.15, -0.1) is 0 Å². The Kier molecular flexibility index (Phi) is 4.68. The molecule has 100 valence electrons. The van der Waals surface area contributed by atoms with E-state index in [1.807, 2.05) is 0 Å². The Hall–Kier alpha value is -1.24. The fraction of sp³-hybridized carbons (Fsp3) is 0.231. The summed E-state index contributed by atoms with van der Waals surface area (Å²) in [6.45, 7) is 0.887. The van der Waals surface area contributed by atoms with Crippen molar-refractivity contribution >= 4 is 40.3 Å². The molecule has 0 aliphatic carbocycles. The van der Waals surface area contributed by atoms with Gasteiger partial charge in [0.05, 0.1) is 18.1 Å². The maximum absolute atomic E-state index is 12.8. The topological polar surface area (TPSA) is 29.5 Å². The second-order valence-electron chi connectivity index (χ2n) is 3.88. The summed E-state index contributed by atoms with van der Waals surface area (Å²) >= 11 is 6.41. The Morgan fingerprint density at radius 1 is 1.42 bits per heavy atom. The Bertz CT molecular complexity index is 528. The number of carbonyl (C=O) groups excluding carboxylic acids is 1. The molecule has 1 aliphatic heterocycles. The Morgan fingerprint density at radius 3 is 2.74 bits per heavy atom. The van der Waals surface area contributed by atoms with Crippen molar-refractivity contribution in [3.63, 3.8) is 0 Å². The fourth-order valence-corrected chi connectivity index (χ4v) is 2.89. The van der Waals surface area contributed by atoms with Gasteiger partial charge in [-0.05, 0) is 23.8 Å². The summed E-state index contributed by atoms with van der Waals surface area (Å²) in [6, 6.07) is 5.96. The molecule has 1 saturated heterocycles. The number of amides is 1. The molecule has 1 amide bonds. The lowest BCUT2D eigenvalue weighted by Gasteiger charge is -2.12. The van der Waals surface area contributed by atoms with Crippen LogP contribution in [0, 0.1) is 5.82 Å². The standard InChI is InChI=1S/C13H12FNO2S2/c1-17-7-6-15-12(16)11(19-13(15)18)8-9-2-4-10(14)5-3-9/h2-5,8H,6-7H2,1H3. The van der Waals surface area contributed by atoms with Crippen molar-refractivity contribution in [1.29, 1.82) is 0 Å². The maximum atomic E-state index is 12.8. The minimum Gasteiger partial charge on any atom is -0.383 e. The zero-order chi connectivity index (χ0) is 13.8. The van der Waals surface area contributed by atoms with Gasteiger partial charge < -0.3 is 4.74 Å². The van der Waals surface area contributed by atoms with Crippen molar-refractivity contribution in [2.75, 3.05) is 20.3 Å². The van der Waals surface area contributed by atoms with Crippen LogP contribution in [-0.4, -0.2) is 35.4 Å². The summed E-state index contributed by atoms with van der Waals surface area (Å²) < 4.78 is 18.3. The van der Waals surface area contributed by atoms with Gasteiger partial charge in [-0.1, -0.05) is 36.1 Å². The lowest BCUT2D eigenvalue weighted by Crippen LogP contribution is -2.31. The number of thiocarbonyl (C=S) groups is 1. The van der Waals surface area contributed by atoms with E-state index in [1.165, 1.54) is 28.8 Å². The Morgan fingerprint density at radius 2 is 2.11 bits per heavy atom. The normalized spacial score (nSPS) is 17.6. The lowest BCUT2D eigenvalue weighted by molar-refractivity contribution is -0.122. The number of benzene rings is 1. The first-order valence-corrected chi connectivity index (χ1v) is 6.84. The van der Waals surface area contributed by atoms with Crippen LogP contribution >= 0.6 is 24.0 Å². The number of methoxy groups -OCH3 is 1. The summed E-state index contributed by atoms with van der Waals surface area (Å²) in [4.78, 5) is 14.2. The molecule has 19 heavy (non-hydrogen) atoms. The predicted molar refractivity (Wildman–Crippen MR) is 78.2 cm³/mol. The number of hydrogen-bond donors (Lipinski definition) is 0. The highest BCUT2D eigenvalue weighted by atomic mass is 32.2. The van der Waals surface area contributed by atoms with E-state index in [0.717, 1.165) is 5.56 Å². The van der Waals surface area contributed by atoms with Crippen molar-refractivity contribution in [3.05, 3.63) is 40.6 Å². The zero-order valence-corrected chi connectivity index (χ0v) is 11.9. The number of carbonyl (C=O) groups is 1. The Labute approximate surface area is 120 Å². The molecular weight excluding hydrogens is 285 g/mol. The highest BCUT2D eigenvalue weighted by Gasteiger charge is 2.31. The average molecular weight is 297 g/mol. The number of nitrogens with zero attached hydrogens (tertiary/aromatic N) is 1. The number of halogens is 1. The lowest BCUT2D eigenvalue weighted by atomic mass is 10.2. The van der Waals surface area contributed by atoms with Crippen molar-refractivity contribution in [3.8, 4) is 0 Å². The van der Waals surface area contributed by atoms with E-state index in [4.69, 9.17) is 17.0 Å². The van der Waals surface area contributed by atoms with Gasteiger partial charge in [0.2, 0.25) is 0 Å². The molecule has 1 aromatic carbocycles. The zero-order valence-electron chi connectivity index (χ0n) is 10.3. The van der Waals surface area contributed by atoms with E-state index in [-0.39, 0.29) is 11.7 Å². The molecular formula is C13H12FNO2S2. The van der Waals surface area contributed by atoms with Crippen LogP contribution in [0.25, 0.3) is 6.08 Å². The fourth-order valence-electron chi connectivity index (χ4n) is 1.59. The molecule has 0 bridgehead atoms. The number of ether oxygens (including phenoxy) is 1. The van der Waals surface area contributed by atoms with Crippen molar-refractivity contribution < 1.29 is 13.9 Å². The molecule has 0 N–H and O–H groups in total. The van der Waals surface area contributed by atoms with Crippen molar-refractivity contribution in [2.24, 2.45) is 0 Å². The van der Waals surface area contributed by atoms with Gasteiger partial charge in [-0.25, -0.2) is 4.39 Å². The smallest absolute Gasteiger partial charge is 0.266 e. The monoisotopic (exact) mass is 297 g/mol. The maximum Gasteiger partial charge on any atom is 0.266 e. The van der Waals surface area contributed by atoms with E-state index >= 15 is 0 Å². The molecule has 1 aromatic rings. The van der Waals surface area contributed by atoms with Gasteiger partial charge in [0.25, 0.3) is 5.91 Å². The molecule has 1 fully saturated rings. The quantitative estimate of drug-likeness (QED) is 0.631. The predicted octanol–water partition coefficient (Wildman–Crippen LogP) is 2.67. The Balaban J connectivity index is 2.16. The van der Waals surface area contributed by atoms with Crippen LogP contribution in [0.15, 0.2) is 29.2 Å². The van der Waals surface area contributed by atoms with Crippen LogP contribution in [0.2, 0.25) is 0 Å². The van der Waals surface area contributed by atoms with Gasteiger partial charge >= 0.3 is 0 Å². The first kappa shape index (κ1) is 14.2. The highest BCUT2D eigenvalue weighted by Crippen LogP contribution is 2.32. The molecule has 0 radical (unpaired) electrons. The van der Waals surface area contributed by atoms with Crippen molar-refractivity contribution in [2.45, 2.75) is 0 Å². The van der Waals surface area contributed by atoms with Crippen LogP contribution in [-0.2, 0) is 9.53 Å². The third kappa shape index (κ3) is 3.40. The molecule has 0 spiro atoms. The van der Waals surface area contributed by atoms with Gasteiger partial charge in [0.15, 0.2) is 0 Å². The molecule has 1 aliphatic rings. The molecule has 0 unspecified atom stereocenters. The molecule has 2 rings (SSSR count). The summed E-state index contributed by atoms with van der Waals surface area (Å²) in [5.41, 5.74) is 0.772. The van der Waals surface area contributed by atoms with Crippen molar-refractivity contribution in [1.82, 2.24) is 4.90 Å². The minimum atomic E-state index is -0.301. The third-order valence-corrected chi connectivity index (χ3v) is 3.94. The van der Waals surface area contributed by atoms with E-state index in [9.17, 15) is 9.18 Å². The summed E-state index contributed by atoms with van der Waals surface area (Å²) in [5.74, 6) is -0.429. The van der Waals surface area contributed by atoms with E-state index in [2.05, 4.69) is 0 Å². The molecule has 0 atom stereocenters. The second-order valence-corrected chi connectivity index (χ2v) is 5.55. The molecule has 1 heterocycles. The van der Waals surface area contributed by atoms with E-state index < -0.39 is 0 Å². The van der Waals surface area contributed by atoms with E-state index in [0.29, 0.717) is 22.4 Å². The van der Waals surface area contributed by atoms with Gasteiger partial charge in [0, 0.05) is 7.11 Å². The summed E-state index contributed by atoms with van der Waals surface area (Å²) in [6.07, 6.45) is 1.71. The SMILES string of the molecule is COCCN1C(=O)C(=Cc2ccc(F)cc2)SC1=S. The van der Waals surface area contributed by atoms with Gasteiger partial charge in [-0.3, -0.25) is 9.69 Å². The highest BCUT2D eigenvalue weighted by molar-refractivity contribution is 8.26. The number of rotatable bonds is 4. The molecule has 6 heteroatoms. The third-order valence-electron chi connectivity index (χ3n) is 2.56. The number of hydrogen-bond acceptors (Lipinski definition) is 4. The molecule has 0 aromatic heterocycles. The second kappa shape index (κ2) is 6.27. The summed E-state index contributed by atoms with van der Waals surface area (Å²) in [5, 5.41) is 0. The first-order valence-electron chi connectivity index (χ1n) is 5.61. The van der Waals surface area contributed by atoms with Crippen LogP contribution in [0.1, 0.15) is 5.56 Å². The van der Waals surface area contributed by atoms with Gasteiger partial charge in [0.1, 0.15) is 10.1 Å². The average Bonchev–Trinajstić information content (AvgIpc) is 2.65. The largest absolute Gasteiger partial charge is 0.383 e.